The fraction of sp³-hybridized carbons (Fsp3) is 0.667. The third-order valence-corrected chi connectivity index (χ3v) is 3.18. The summed E-state index contributed by atoms with van der Waals surface area (Å²) in [7, 11) is 0. The summed E-state index contributed by atoms with van der Waals surface area (Å²) in [5, 5.41) is 9.51. The second-order valence-electron chi connectivity index (χ2n) is 4.26. The lowest BCUT2D eigenvalue weighted by atomic mass is 9.64. The second-order valence-corrected chi connectivity index (χ2v) is 4.26. The lowest BCUT2D eigenvalue weighted by Gasteiger charge is -2.49. The molecule has 1 aromatic rings. The van der Waals surface area contributed by atoms with Crippen molar-refractivity contribution in [3.63, 3.8) is 0 Å². The Balaban J connectivity index is 2.31. The predicted octanol–water partition coefficient (Wildman–Crippen LogP) is 0.508. The van der Waals surface area contributed by atoms with Gasteiger partial charge >= 0.3 is 5.69 Å². The van der Waals surface area contributed by atoms with Crippen LogP contribution in [-0.2, 0) is 0 Å². The summed E-state index contributed by atoms with van der Waals surface area (Å²) in [6.45, 7) is 3.95. The van der Waals surface area contributed by atoms with Gasteiger partial charge in [0.25, 0.3) is 0 Å². The van der Waals surface area contributed by atoms with Gasteiger partial charge in [-0.3, -0.25) is 4.57 Å². The maximum absolute atomic E-state index is 11.3. The second kappa shape index (κ2) is 2.48. The lowest BCUT2D eigenvalue weighted by molar-refractivity contribution is -0.0903. The number of hydrogen-bond donors (Lipinski definition) is 2. The van der Waals surface area contributed by atoms with Gasteiger partial charge in [-0.15, -0.1) is 0 Å². The van der Waals surface area contributed by atoms with Crippen molar-refractivity contribution < 1.29 is 5.11 Å². The van der Waals surface area contributed by atoms with E-state index in [0.29, 0.717) is 6.42 Å². The maximum atomic E-state index is 11.3. The number of nitrogens with one attached hydrogen (secondary N) is 1. The highest BCUT2D eigenvalue weighted by molar-refractivity contribution is 5.02. The van der Waals surface area contributed by atoms with Crippen LogP contribution in [0.5, 0.6) is 0 Å². The summed E-state index contributed by atoms with van der Waals surface area (Å²) < 4.78 is 1.66. The molecule has 2 unspecified atom stereocenters. The number of aliphatic hydroxyl groups excluding tert-OH is 1. The van der Waals surface area contributed by atoms with Crippen molar-refractivity contribution >= 4 is 0 Å². The summed E-state index contributed by atoms with van der Waals surface area (Å²) >= 11 is 0. The summed E-state index contributed by atoms with van der Waals surface area (Å²) in [4.78, 5) is 13.9. The molecule has 0 aromatic carbocycles. The van der Waals surface area contributed by atoms with Gasteiger partial charge in [-0.1, -0.05) is 13.8 Å². The number of aromatic amines is 1. The Morgan fingerprint density at radius 3 is 2.77 bits per heavy atom. The van der Waals surface area contributed by atoms with Gasteiger partial charge in [0, 0.05) is 23.9 Å². The van der Waals surface area contributed by atoms with Crippen molar-refractivity contribution in [3.8, 4) is 0 Å². The molecule has 72 valence electrons. The first kappa shape index (κ1) is 8.56. The molecule has 2 N–H and O–H groups in total. The number of aliphatic hydroxyl groups is 1. The zero-order valence-corrected chi connectivity index (χ0v) is 7.82. The normalized spacial score (nSPS) is 31.3. The van der Waals surface area contributed by atoms with Gasteiger partial charge in [-0.25, -0.2) is 4.79 Å². The molecule has 1 aromatic heterocycles. The molecule has 0 saturated heterocycles. The van der Waals surface area contributed by atoms with Gasteiger partial charge in [0.1, 0.15) is 0 Å². The molecular formula is C9H14N2O2. The number of aromatic nitrogens is 2. The van der Waals surface area contributed by atoms with Crippen molar-refractivity contribution in [3.05, 3.63) is 22.9 Å². The lowest BCUT2D eigenvalue weighted by Crippen LogP contribution is -2.51. The van der Waals surface area contributed by atoms with E-state index >= 15 is 0 Å². The smallest absolute Gasteiger partial charge is 0.325 e. The van der Waals surface area contributed by atoms with Gasteiger partial charge in [0.05, 0.1) is 6.10 Å². The van der Waals surface area contributed by atoms with Crippen molar-refractivity contribution in [1.29, 1.82) is 0 Å². The highest BCUT2D eigenvalue weighted by Gasteiger charge is 2.48. The van der Waals surface area contributed by atoms with E-state index < -0.39 is 0 Å². The summed E-state index contributed by atoms with van der Waals surface area (Å²) in [5.41, 5.74) is -0.281. The largest absolute Gasteiger partial charge is 0.392 e. The molecule has 13 heavy (non-hydrogen) atoms. The molecule has 0 radical (unpaired) electrons. The highest BCUT2D eigenvalue weighted by atomic mass is 16.3. The fourth-order valence-electron chi connectivity index (χ4n) is 1.93. The third-order valence-electron chi connectivity index (χ3n) is 3.18. The molecule has 1 heterocycles. The van der Waals surface area contributed by atoms with E-state index in [1.54, 1.807) is 17.0 Å². The van der Waals surface area contributed by atoms with E-state index in [1.165, 1.54) is 0 Å². The minimum Gasteiger partial charge on any atom is -0.392 e. The van der Waals surface area contributed by atoms with Crippen LogP contribution < -0.4 is 5.69 Å². The molecule has 0 aliphatic heterocycles. The number of nitrogens with zero attached hydrogens (tertiary/aromatic N) is 1. The molecular weight excluding hydrogens is 168 g/mol. The molecule has 1 aliphatic carbocycles. The minimum absolute atomic E-state index is 0.0926. The van der Waals surface area contributed by atoms with Crippen LogP contribution in [0.4, 0.5) is 0 Å². The van der Waals surface area contributed by atoms with E-state index in [9.17, 15) is 9.90 Å². The van der Waals surface area contributed by atoms with Crippen LogP contribution in [0.25, 0.3) is 0 Å². The molecule has 1 saturated carbocycles. The van der Waals surface area contributed by atoms with Crippen molar-refractivity contribution in [1.82, 2.24) is 9.55 Å². The van der Waals surface area contributed by atoms with E-state index in [1.807, 2.05) is 13.8 Å². The van der Waals surface area contributed by atoms with Gasteiger partial charge in [0.15, 0.2) is 0 Å². The minimum atomic E-state index is -0.292. The van der Waals surface area contributed by atoms with Gasteiger partial charge < -0.3 is 10.1 Å². The van der Waals surface area contributed by atoms with E-state index in [0.717, 1.165) is 0 Å². The predicted molar refractivity (Wildman–Crippen MR) is 48.5 cm³/mol. The van der Waals surface area contributed by atoms with Crippen LogP contribution in [0.2, 0.25) is 0 Å². The monoisotopic (exact) mass is 182 g/mol. The van der Waals surface area contributed by atoms with Crippen LogP contribution in [0.1, 0.15) is 26.3 Å². The molecule has 2 atom stereocenters. The standard InChI is InChI=1S/C9H14N2O2/c1-9(2)6(5-7(9)12)11-4-3-10-8(11)13/h3-4,6-7,12H,5H2,1-2H3,(H,10,13). The molecule has 0 spiro atoms. The summed E-state index contributed by atoms with van der Waals surface area (Å²) in [6, 6.07) is 0.126. The van der Waals surface area contributed by atoms with E-state index in [4.69, 9.17) is 0 Å². The Kier molecular flexibility index (Phi) is 1.63. The molecule has 0 bridgehead atoms. The average molecular weight is 182 g/mol. The molecule has 1 aliphatic rings. The van der Waals surface area contributed by atoms with Gasteiger partial charge in [-0.05, 0) is 6.42 Å². The van der Waals surface area contributed by atoms with Crippen LogP contribution in [0, 0.1) is 5.41 Å². The van der Waals surface area contributed by atoms with Crippen LogP contribution in [-0.4, -0.2) is 20.8 Å². The van der Waals surface area contributed by atoms with Crippen LogP contribution in [0.15, 0.2) is 17.2 Å². The topological polar surface area (TPSA) is 58.0 Å². The Morgan fingerprint density at radius 2 is 2.38 bits per heavy atom. The first-order valence-corrected chi connectivity index (χ1v) is 4.47. The first-order chi connectivity index (χ1) is 6.03. The average Bonchev–Trinajstić information content (AvgIpc) is 2.47. The third kappa shape index (κ3) is 1.05. The molecule has 4 heteroatoms. The molecule has 1 fully saturated rings. The Hall–Kier alpha value is -1.03. The van der Waals surface area contributed by atoms with Crippen molar-refractivity contribution in [2.75, 3.05) is 0 Å². The molecule has 2 rings (SSSR count). The molecule has 4 nitrogen and oxygen atoms in total. The zero-order valence-electron chi connectivity index (χ0n) is 7.82. The number of rotatable bonds is 1. The quantitative estimate of drug-likeness (QED) is 0.664. The fourth-order valence-corrected chi connectivity index (χ4v) is 1.93. The summed E-state index contributed by atoms with van der Waals surface area (Å²) in [6.07, 6.45) is 3.74. The van der Waals surface area contributed by atoms with Crippen LogP contribution >= 0.6 is 0 Å². The zero-order chi connectivity index (χ0) is 9.64. The Labute approximate surface area is 76.2 Å². The first-order valence-electron chi connectivity index (χ1n) is 4.47. The molecule has 0 amide bonds. The number of H-pyrrole nitrogens is 1. The maximum Gasteiger partial charge on any atom is 0.325 e. The number of imidazole rings is 1. The Bertz CT molecular complexity index is 364. The summed E-state index contributed by atoms with van der Waals surface area (Å²) in [5.74, 6) is 0. The van der Waals surface area contributed by atoms with Crippen LogP contribution in [0.3, 0.4) is 0 Å². The Morgan fingerprint density at radius 1 is 1.69 bits per heavy atom. The highest BCUT2D eigenvalue weighted by Crippen LogP contribution is 2.48. The SMILES string of the molecule is CC1(C)C(O)CC1n1cc[nH]c1=O. The van der Waals surface area contributed by atoms with Crippen molar-refractivity contribution in [2.45, 2.75) is 32.4 Å². The van der Waals surface area contributed by atoms with Crippen molar-refractivity contribution in [2.24, 2.45) is 5.41 Å². The van der Waals surface area contributed by atoms with Gasteiger partial charge in [0.2, 0.25) is 0 Å². The van der Waals surface area contributed by atoms with Gasteiger partial charge in [-0.2, -0.15) is 0 Å². The van der Waals surface area contributed by atoms with E-state index in [2.05, 4.69) is 4.98 Å². The van der Waals surface area contributed by atoms with E-state index in [-0.39, 0.29) is 23.3 Å². The number of hydrogen-bond acceptors (Lipinski definition) is 2.